The number of fused-ring (bicyclic) bond motifs is 1. The molecule has 2 aliphatic rings. The monoisotopic (exact) mass is 108 g/mol. The molecule has 1 fully saturated rings. The minimum atomic E-state index is 0.412. The summed E-state index contributed by atoms with van der Waals surface area (Å²) in [7, 11) is 0. The maximum Gasteiger partial charge on any atom is 0.137 e. The van der Waals surface area contributed by atoms with E-state index in [9.17, 15) is 4.79 Å². The van der Waals surface area contributed by atoms with E-state index in [1.54, 1.807) is 0 Å². The Hall–Kier alpha value is -0.590. The summed E-state index contributed by atoms with van der Waals surface area (Å²) in [5, 5.41) is 0. The molecule has 1 heteroatoms. The topological polar surface area (TPSA) is 17.1 Å². The number of hydrogen-bond donors (Lipinski definition) is 0. The van der Waals surface area contributed by atoms with E-state index in [0.717, 1.165) is 12.8 Å². The Morgan fingerprint density at radius 2 is 2.50 bits per heavy atom. The Labute approximate surface area is 48.4 Å². The second-order valence-electron chi connectivity index (χ2n) is 2.60. The molecule has 2 atom stereocenters. The van der Waals surface area contributed by atoms with Crippen LogP contribution in [0.1, 0.15) is 12.8 Å². The predicted octanol–water partition coefficient (Wildman–Crippen LogP) is 1.15. The average molecular weight is 108 g/mol. The molecule has 0 unspecified atom stereocenters. The van der Waals surface area contributed by atoms with Gasteiger partial charge in [0.15, 0.2) is 0 Å². The molecule has 0 heterocycles. The van der Waals surface area contributed by atoms with E-state index < -0.39 is 0 Å². The maximum atomic E-state index is 10.7. The Morgan fingerprint density at radius 1 is 1.62 bits per heavy atom. The van der Waals surface area contributed by atoms with Crippen molar-refractivity contribution in [1.29, 1.82) is 0 Å². The Balaban J connectivity index is 2.19. The number of Topliss-reactive ketones (excluding diaryl/α,β-unsaturated/α-hetero) is 1. The first kappa shape index (κ1) is 4.30. The SMILES string of the molecule is O=C1C[C@@H]2C=CC[C@H]12. The third kappa shape index (κ3) is 0.347. The lowest BCUT2D eigenvalue weighted by atomic mass is 9.75. The minimum absolute atomic E-state index is 0.412. The van der Waals surface area contributed by atoms with Crippen LogP contribution in [0.3, 0.4) is 0 Å². The minimum Gasteiger partial charge on any atom is -0.299 e. The van der Waals surface area contributed by atoms with E-state index in [1.165, 1.54) is 0 Å². The van der Waals surface area contributed by atoms with Crippen LogP contribution in [0.15, 0.2) is 12.2 Å². The molecule has 2 rings (SSSR count). The van der Waals surface area contributed by atoms with Gasteiger partial charge in [-0.05, 0) is 12.3 Å². The lowest BCUT2D eigenvalue weighted by molar-refractivity contribution is -0.131. The molecule has 0 saturated heterocycles. The summed E-state index contributed by atoms with van der Waals surface area (Å²) >= 11 is 0. The number of allylic oxidation sites excluding steroid dienone is 2. The lowest BCUT2D eigenvalue weighted by Gasteiger charge is -2.27. The molecule has 0 aromatic carbocycles. The van der Waals surface area contributed by atoms with E-state index in [2.05, 4.69) is 12.2 Å². The van der Waals surface area contributed by atoms with E-state index in [4.69, 9.17) is 0 Å². The van der Waals surface area contributed by atoms with Crippen LogP contribution in [0.25, 0.3) is 0 Å². The first-order valence-electron chi connectivity index (χ1n) is 3.07. The van der Waals surface area contributed by atoms with Crippen molar-refractivity contribution in [2.45, 2.75) is 12.8 Å². The molecular formula is C7H8O. The predicted molar refractivity (Wildman–Crippen MR) is 30.4 cm³/mol. The van der Waals surface area contributed by atoms with E-state index in [1.807, 2.05) is 0 Å². The highest BCUT2D eigenvalue weighted by Gasteiger charge is 2.39. The van der Waals surface area contributed by atoms with Crippen molar-refractivity contribution >= 4 is 5.78 Å². The molecule has 0 bridgehead atoms. The van der Waals surface area contributed by atoms with Gasteiger partial charge in [0, 0.05) is 12.3 Å². The van der Waals surface area contributed by atoms with Crippen LogP contribution < -0.4 is 0 Å². The summed E-state index contributed by atoms with van der Waals surface area (Å²) < 4.78 is 0. The molecule has 0 aromatic rings. The molecular weight excluding hydrogens is 100 g/mol. The number of carbonyl (C=O) groups excluding carboxylic acids is 1. The summed E-state index contributed by atoms with van der Waals surface area (Å²) in [6.07, 6.45) is 6.14. The molecule has 0 spiro atoms. The maximum absolute atomic E-state index is 10.7. The Morgan fingerprint density at radius 3 is 3.00 bits per heavy atom. The number of rotatable bonds is 0. The van der Waals surface area contributed by atoms with Crippen LogP contribution in [-0.4, -0.2) is 5.78 Å². The van der Waals surface area contributed by atoms with Gasteiger partial charge in [-0.1, -0.05) is 12.2 Å². The summed E-state index contributed by atoms with van der Waals surface area (Å²) in [6, 6.07) is 0. The van der Waals surface area contributed by atoms with Crippen molar-refractivity contribution in [1.82, 2.24) is 0 Å². The van der Waals surface area contributed by atoms with Gasteiger partial charge in [0.2, 0.25) is 0 Å². The van der Waals surface area contributed by atoms with Gasteiger partial charge in [-0.2, -0.15) is 0 Å². The summed E-state index contributed by atoms with van der Waals surface area (Å²) in [6.45, 7) is 0. The van der Waals surface area contributed by atoms with Crippen molar-refractivity contribution < 1.29 is 4.79 Å². The average Bonchev–Trinajstić information content (AvgIpc) is 2.09. The van der Waals surface area contributed by atoms with Crippen molar-refractivity contribution in [2.24, 2.45) is 11.8 Å². The smallest absolute Gasteiger partial charge is 0.137 e. The molecule has 0 aromatic heterocycles. The zero-order chi connectivity index (χ0) is 5.56. The van der Waals surface area contributed by atoms with Crippen LogP contribution >= 0.6 is 0 Å². The fourth-order valence-corrected chi connectivity index (χ4v) is 1.51. The molecule has 2 aliphatic carbocycles. The molecule has 0 aliphatic heterocycles. The zero-order valence-electron chi connectivity index (χ0n) is 4.63. The first-order valence-corrected chi connectivity index (χ1v) is 3.07. The van der Waals surface area contributed by atoms with Crippen molar-refractivity contribution in [2.75, 3.05) is 0 Å². The van der Waals surface area contributed by atoms with Gasteiger partial charge in [0.25, 0.3) is 0 Å². The van der Waals surface area contributed by atoms with Gasteiger partial charge in [0.05, 0.1) is 0 Å². The van der Waals surface area contributed by atoms with Crippen LogP contribution in [0.2, 0.25) is 0 Å². The van der Waals surface area contributed by atoms with Gasteiger partial charge < -0.3 is 0 Å². The fourth-order valence-electron chi connectivity index (χ4n) is 1.51. The van der Waals surface area contributed by atoms with Gasteiger partial charge in [-0.25, -0.2) is 0 Å². The second-order valence-corrected chi connectivity index (χ2v) is 2.60. The molecule has 1 nitrogen and oxygen atoms in total. The van der Waals surface area contributed by atoms with Gasteiger partial charge in [-0.15, -0.1) is 0 Å². The summed E-state index contributed by atoms with van der Waals surface area (Å²) in [4.78, 5) is 10.7. The fraction of sp³-hybridized carbons (Fsp3) is 0.571. The quantitative estimate of drug-likeness (QED) is 0.425. The third-order valence-corrected chi connectivity index (χ3v) is 2.14. The van der Waals surface area contributed by atoms with Crippen molar-refractivity contribution in [3.63, 3.8) is 0 Å². The largest absolute Gasteiger partial charge is 0.299 e. The molecule has 8 heavy (non-hydrogen) atoms. The number of ketones is 1. The van der Waals surface area contributed by atoms with Gasteiger partial charge in [-0.3, -0.25) is 4.79 Å². The van der Waals surface area contributed by atoms with E-state index in [0.29, 0.717) is 17.6 Å². The second kappa shape index (κ2) is 1.22. The van der Waals surface area contributed by atoms with Crippen LogP contribution in [0.5, 0.6) is 0 Å². The molecule has 1 saturated carbocycles. The van der Waals surface area contributed by atoms with E-state index >= 15 is 0 Å². The molecule has 0 N–H and O–H groups in total. The Kier molecular flexibility index (Phi) is 0.655. The van der Waals surface area contributed by atoms with Gasteiger partial charge in [0.1, 0.15) is 5.78 Å². The standard InChI is InChI=1S/C7H8O/c8-7-4-5-2-1-3-6(5)7/h1-2,5-6H,3-4H2/t5-,6-/m0/s1. The van der Waals surface area contributed by atoms with Gasteiger partial charge >= 0.3 is 0 Å². The molecule has 42 valence electrons. The summed E-state index contributed by atoms with van der Waals surface area (Å²) in [5.41, 5.74) is 0. The highest BCUT2D eigenvalue weighted by molar-refractivity contribution is 5.88. The third-order valence-electron chi connectivity index (χ3n) is 2.14. The zero-order valence-corrected chi connectivity index (χ0v) is 4.63. The van der Waals surface area contributed by atoms with Crippen molar-refractivity contribution in [3.05, 3.63) is 12.2 Å². The number of carbonyl (C=O) groups is 1. The van der Waals surface area contributed by atoms with E-state index in [-0.39, 0.29) is 0 Å². The van der Waals surface area contributed by atoms with Crippen LogP contribution in [0, 0.1) is 11.8 Å². The molecule has 0 radical (unpaired) electrons. The number of hydrogen-bond acceptors (Lipinski definition) is 1. The first-order chi connectivity index (χ1) is 3.88. The van der Waals surface area contributed by atoms with Crippen LogP contribution in [0.4, 0.5) is 0 Å². The highest BCUT2D eigenvalue weighted by Crippen LogP contribution is 2.38. The summed E-state index contributed by atoms with van der Waals surface area (Å²) in [5.74, 6) is 1.53. The Bertz CT molecular complexity index is 158. The van der Waals surface area contributed by atoms with Crippen LogP contribution in [-0.2, 0) is 4.79 Å². The van der Waals surface area contributed by atoms with Crippen molar-refractivity contribution in [3.8, 4) is 0 Å². The highest BCUT2D eigenvalue weighted by atomic mass is 16.1. The molecule has 0 amide bonds. The normalized spacial score (nSPS) is 41.8. The lowest BCUT2D eigenvalue weighted by Crippen LogP contribution is -2.32.